The van der Waals surface area contributed by atoms with E-state index >= 15 is 0 Å². The summed E-state index contributed by atoms with van der Waals surface area (Å²) in [4.78, 5) is 45.0. The van der Waals surface area contributed by atoms with Gasteiger partial charge in [-0.05, 0) is 56.4 Å². The van der Waals surface area contributed by atoms with Gasteiger partial charge in [0.05, 0.1) is 5.92 Å². The third kappa shape index (κ3) is 3.53. The van der Waals surface area contributed by atoms with Crippen molar-refractivity contribution in [2.45, 2.75) is 57.3 Å². The van der Waals surface area contributed by atoms with Crippen molar-refractivity contribution in [1.29, 1.82) is 0 Å². The Morgan fingerprint density at radius 1 is 1.06 bits per heavy atom. The molecule has 192 valence electrons. The zero-order valence-corrected chi connectivity index (χ0v) is 21.1. The second kappa shape index (κ2) is 9.16. The Labute approximate surface area is 211 Å². The zero-order valence-electron chi connectivity index (χ0n) is 21.1. The van der Waals surface area contributed by atoms with Crippen molar-refractivity contribution in [3.05, 3.63) is 53.6 Å². The molecule has 1 unspecified atom stereocenters. The van der Waals surface area contributed by atoms with Crippen LogP contribution in [0.4, 0.5) is 5.69 Å². The highest BCUT2D eigenvalue weighted by molar-refractivity contribution is 6.06. The van der Waals surface area contributed by atoms with Crippen LogP contribution >= 0.6 is 0 Å². The lowest BCUT2D eigenvalue weighted by Crippen LogP contribution is -2.56. The molecule has 1 aromatic rings. The number of aliphatic hydroxyl groups excluding tert-OH is 1. The van der Waals surface area contributed by atoms with Gasteiger partial charge < -0.3 is 24.4 Å². The number of likely N-dealkylation sites (tertiary alicyclic amines) is 1. The molecule has 0 saturated carbocycles. The van der Waals surface area contributed by atoms with Gasteiger partial charge in [0.1, 0.15) is 29.8 Å². The van der Waals surface area contributed by atoms with E-state index in [4.69, 9.17) is 9.47 Å². The minimum Gasteiger partial charge on any atom is -0.461 e. The zero-order chi connectivity index (χ0) is 25.7. The van der Waals surface area contributed by atoms with Crippen LogP contribution in [0.15, 0.2) is 42.5 Å². The number of aliphatic hydroxyl groups is 1. The van der Waals surface area contributed by atoms with E-state index in [0.29, 0.717) is 32.4 Å². The number of unbranched alkanes of at least 4 members (excludes halogenated alkanes) is 1. The van der Waals surface area contributed by atoms with Crippen molar-refractivity contribution < 1.29 is 29.0 Å². The third-order valence-electron chi connectivity index (χ3n) is 8.16. The molecule has 5 atom stereocenters. The number of aryl methyl sites for hydroxylation is 2. The lowest BCUT2D eigenvalue weighted by atomic mass is 9.73. The minimum atomic E-state index is -1.29. The molecule has 8 heteroatoms. The number of hydrogen-bond acceptors (Lipinski definition) is 6. The molecule has 0 radical (unpaired) electrons. The fourth-order valence-corrected chi connectivity index (χ4v) is 6.46. The first kappa shape index (κ1) is 24.7. The van der Waals surface area contributed by atoms with Crippen LogP contribution in [0.2, 0.25) is 0 Å². The number of nitrogens with zero attached hydrogens (tertiary/aromatic N) is 2. The number of ether oxygens (including phenoxy) is 2. The fraction of sp³-hybridized carbons (Fsp3) is 0.536. The highest BCUT2D eigenvalue weighted by Gasteiger charge is 2.75. The summed E-state index contributed by atoms with van der Waals surface area (Å²) in [7, 11) is 0. The second-order valence-corrected chi connectivity index (χ2v) is 10.3. The van der Waals surface area contributed by atoms with Crippen LogP contribution < -0.4 is 4.90 Å². The van der Waals surface area contributed by atoms with Gasteiger partial charge in [0.15, 0.2) is 0 Å². The average Bonchev–Trinajstić information content (AvgIpc) is 3.13. The number of carbonyl (C=O) groups excluding carboxylic acids is 3. The second-order valence-electron chi connectivity index (χ2n) is 10.3. The quantitative estimate of drug-likeness (QED) is 0.371. The van der Waals surface area contributed by atoms with Crippen LogP contribution in [-0.2, 0) is 23.9 Å². The monoisotopic (exact) mass is 494 g/mol. The predicted molar refractivity (Wildman–Crippen MR) is 133 cm³/mol. The van der Waals surface area contributed by atoms with Crippen molar-refractivity contribution >= 4 is 23.5 Å². The van der Waals surface area contributed by atoms with E-state index in [2.05, 4.69) is 0 Å². The molecule has 1 aromatic carbocycles. The van der Waals surface area contributed by atoms with Gasteiger partial charge in [-0.25, -0.2) is 0 Å². The van der Waals surface area contributed by atoms with Crippen LogP contribution in [0, 0.1) is 25.7 Å². The molecular weight excluding hydrogens is 460 g/mol. The number of rotatable bonds is 6. The lowest BCUT2D eigenvalue weighted by molar-refractivity contribution is -0.157. The SMILES string of the molecule is CC[C@]12C=CCOC(=O)[C@H]1[C@H]1C(=O)N(CCCCO)C3C(=O)N(c4cc(C)ccc4C)CC=C[C@@]31O2. The summed E-state index contributed by atoms with van der Waals surface area (Å²) in [6.45, 7) is 6.63. The van der Waals surface area contributed by atoms with Gasteiger partial charge in [-0.1, -0.05) is 37.3 Å². The summed E-state index contributed by atoms with van der Waals surface area (Å²) in [6, 6.07) is 5.05. The van der Waals surface area contributed by atoms with E-state index < -0.39 is 35.0 Å². The van der Waals surface area contributed by atoms with E-state index in [1.807, 2.05) is 57.2 Å². The molecule has 0 bridgehead atoms. The van der Waals surface area contributed by atoms with Gasteiger partial charge in [-0.3, -0.25) is 14.4 Å². The van der Waals surface area contributed by atoms with Crippen LogP contribution in [-0.4, -0.2) is 71.3 Å². The summed E-state index contributed by atoms with van der Waals surface area (Å²) in [5.41, 5.74) is 0.470. The molecule has 1 spiro atoms. The van der Waals surface area contributed by atoms with Crippen molar-refractivity contribution in [2.75, 3.05) is 31.2 Å². The maximum Gasteiger partial charge on any atom is 0.313 e. The van der Waals surface area contributed by atoms with Crippen molar-refractivity contribution in [1.82, 2.24) is 4.90 Å². The van der Waals surface area contributed by atoms with Crippen LogP contribution in [0.25, 0.3) is 0 Å². The number of cyclic esters (lactones) is 1. The van der Waals surface area contributed by atoms with Gasteiger partial charge in [0, 0.05) is 25.4 Å². The third-order valence-corrected chi connectivity index (χ3v) is 8.16. The first-order chi connectivity index (χ1) is 17.3. The maximum atomic E-state index is 14.4. The standard InChI is InChI=1S/C28H34N2O6/c1-4-27-11-8-16-35-26(34)22(27)21-24(32)30(13-5-6-15-31)23-25(33)29(14-7-12-28(21,23)36-27)20-17-18(2)9-10-19(20)3/h7-12,17,21-23,31H,4-6,13-16H2,1-3H3/t21-,22+,23?,27-,28-/m0/s1. The van der Waals surface area contributed by atoms with Crippen LogP contribution in [0.3, 0.4) is 0 Å². The van der Waals surface area contributed by atoms with Gasteiger partial charge in [0.25, 0.3) is 5.91 Å². The smallest absolute Gasteiger partial charge is 0.313 e. The molecule has 36 heavy (non-hydrogen) atoms. The predicted octanol–water partition coefficient (Wildman–Crippen LogP) is 2.45. The molecule has 0 aromatic heterocycles. The molecule has 5 rings (SSSR count). The van der Waals surface area contributed by atoms with E-state index in [0.717, 1.165) is 16.8 Å². The molecule has 2 amide bonds. The lowest BCUT2D eigenvalue weighted by Gasteiger charge is -2.38. The number of amides is 2. The summed E-state index contributed by atoms with van der Waals surface area (Å²) < 4.78 is 12.3. The number of hydrogen-bond donors (Lipinski definition) is 1. The normalized spacial score (nSPS) is 33.2. The Bertz CT molecular complexity index is 1140. The number of esters is 1. The summed E-state index contributed by atoms with van der Waals surface area (Å²) >= 11 is 0. The van der Waals surface area contributed by atoms with Crippen molar-refractivity contribution in [3.63, 3.8) is 0 Å². The largest absolute Gasteiger partial charge is 0.461 e. The first-order valence-electron chi connectivity index (χ1n) is 12.8. The topological polar surface area (TPSA) is 96.4 Å². The number of anilines is 1. The molecule has 4 heterocycles. The van der Waals surface area contributed by atoms with Gasteiger partial charge in [-0.15, -0.1) is 0 Å². The Kier molecular flexibility index (Phi) is 6.29. The van der Waals surface area contributed by atoms with Gasteiger partial charge in [0.2, 0.25) is 5.91 Å². The number of carbonyl (C=O) groups is 3. The van der Waals surface area contributed by atoms with E-state index in [-0.39, 0.29) is 25.0 Å². The van der Waals surface area contributed by atoms with Crippen LogP contribution in [0.5, 0.6) is 0 Å². The molecule has 8 nitrogen and oxygen atoms in total. The van der Waals surface area contributed by atoms with Gasteiger partial charge >= 0.3 is 5.97 Å². The molecule has 0 aliphatic carbocycles. The average molecular weight is 495 g/mol. The van der Waals surface area contributed by atoms with E-state index in [1.54, 1.807) is 15.9 Å². The molecule has 2 fully saturated rings. The number of benzene rings is 1. The first-order valence-corrected chi connectivity index (χ1v) is 12.8. The van der Waals surface area contributed by atoms with Crippen molar-refractivity contribution in [3.8, 4) is 0 Å². The van der Waals surface area contributed by atoms with Crippen LogP contribution in [0.1, 0.15) is 37.3 Å². The Balaban J connectivity index is 1.65. The highest BCUT2D eigenvalue weighted by Crippen LogP contribution is 2.58. The number of fused-ring (bicyclic) bond motifs is 2. The van der Waals surface area contributed by atoms with Crippen molar-refractivity contribution in [2.24, 2.45) is 11.8 Å². The molecule has 4 aliphatic rings. The molecule has 1 N–H and O–H groups in total. The Morgan fingerprint density at radius 3 is 2.61 bits per heavy atom. The Hall–Kier alpha value is -2.97. The fourth-order valence-electron chi connectivity index (χ4n) is 6.46. The van der Waals surface area contributed by atoms with E-state index in [9.17, 15) is 19.5 Å². The summed E-state index contributed by atoms with van der Waals surface area (Å²) in [5, 5.41) is 9.35. The summed E-state index contributed by atoms with van der Waals surface area (Å²) in [5.74, 6) is -2.68. The van der Waals surface area contributed by atoms with Gasteiger partial charge in [-0.2, -0.15) is 0 Å². The molecule has 2 saturated heterocycles. The molecule has 4 aliphatic heterocycles. The maximum absolute atomic E-state index is 14.4. The molecular formula is C28H34N2O6. The van der Waals surface area contributed by atoms with E-state index in [1.165, 1.54) is 0 Å². The summed E-state index contributed by atoms with van der Waals surface area (Å²) in [6.07, 6.45) is 8.87. The minimum absolute atomic E-state index is 0.00107. The Morgan fingerprint density at radius 2 is 1.86 bits per heavy atom. The highest BCUT2D eigenvalue weighted by atomic mass is 16.6.